The Labute approximate surface area is 864 Å². The molecular weight excluding hydrogens is 1810 g/mol. The predicted octanol–water partition coefficient (Wildman–Crippen LogP) is 32.0. The number of carbonyl (C=O) groups is 2. The van der Waals surface area contributed by atoms with Gasteiger partial charge in [-0.05, 0) is 297 Å². The zero-order valence-corrected chi connectivity index (χ0v) is 88.3. The monoisotopic (exact) mass is 1940 g/mol. The summed E-state index contributed by atoms with van der Waals surface area (Å²) in [6.45, 7) is 35.9. The van der Waals surface area contributed by atoms with E-state index in [0.29, 0.717) is 29.8 Å². The standard InChI is InChI=1S/C17H15N.C16H14N2.C15H19N.C13H13NO.C12H12ClN.C12H13NO.C12H13N.C11H11NO.C11H9NO.C11H11N/c1-13-6-5-9-15-10-11-16(18-17(13)15)12-14-7-3-2-4-8-14;1-12-5-4-6-13-8-9-15(18-16(12)13)11-14-7-2-3-10-17-14;1-3-4-5-9-14-11-10-13-8-6-7-12(2)15(13)16-14;1-9-4-3-5-11-6-7-12(8-10(2)15)14-13(9)11;1-7-6-8(2)10-4-5-11(13)14-12(10)9(7)3;1-9-5-6-10(8-14-2)11-4-3-7-13-12(9)11;1-8-7-9(2)11-5-4-6-13-12(11)10(8)3;1-8-4-3-5-9-6-7-10(13-2)12-11(8)9;1-8-3-2-4-9-5-6-10(7-13)12-11(8)9;1-8-5-6-10-4-3-7-12-11(10)9(8)2/h2-11H,12H2,1H3;2-10H,11H2,1H3;6-8,10-11H,3-5,9H2,1-2H3;3-7H,8H2,1-2H3;4-6H,1-3H3;3-7H,8H2,1-2H3;4-7H,1-3H3;3-7H,1-2H3;2-7H,1H3;3-7H,1-2H3. The van der Waals surface area contributed by atoms with Crippen LogP contribution in [0.25, 0.3) is 109 Å². The average molecular weight is 1950 g/mol. The van der Waals surface area contributed by atoms with Crippen molar-refractivity contribution in [1.82, 2.24) is 54.8 Å². The third-order valence-corrected chi connectivity index (χ3v) is 26.0. The third kappa shape index (κ3) is 29.2. The van der Waals surface area contributed by atoms with Crippen LogP contribution in [-0.2, 0) is 41.8 Å². The molecule has 146 heavy (non-hydrogen) atoms. The average Bonchev–Trinajstić information content (AvgIpc) is 0.795. The number of benzene rings is 11. The fourth-order valence-electron chi connectivity index (χ4n) is 17.4. The summed E-state index contributed by atoms with van der Waals surface area (Å²) in [5, 5.41) is 12.4. The summed E-state index contributed by atoms with van der Waals surface area (Å²) in [6, 6.07) is 107. The van der Waals surface area contributed by atoms with Crippen LogP contribution in [0.1, 0.15) is 167 Å². The first kappa shape index (κ1) is 107. The quantitative estimate of drug-likeness (QED) is 0.0566. The molecule has 11 heterocycles. The topological polar surface area (TPSA) is 194 Å². The lowest BCUT2D eigenvalue weighted by Gasteiger charge is -2.08. The molecule has 0 amide bonds. The highest BCUT2D eigenvalue weighted by Crippen LogP contribution is 2.30. The summed E-state index contributed by atoms with van der Waals surface area (Å²) in [5.74, 6) is 0.817. The van der Waals surface area contributed by atoms with Crippen LogP contribution in [0, 0.1) is 104 Å². The van der Waals surface area contributed by atoms with Crippen molar-refractivity contribution in [3.63, 3.8) is 0 Å². The van der Waals surface area contributed by atoms with E-state index in [1.54, 1.807) is 27.2 Å². The molecule has 16 heteroatoms. The molecule has 11 aromatic carbocycles. The molecular formula is C130H130ClN11O4. The Balaban J connectivity index is 0.000000136. The van der Waals surface area contributed by atoms with Crippen molar-refractivity contribution < 1.29 is 19.1 Å². The molecule has 11 aromatic heterocycles. The van der Waals surface area contributed by atoms with Gasteiger partial charge in [0, 0.05) is 140 Å². The van der Waals surface area contributed by atoms with Gasteiger partial charge in [-0.15, -0.1) is 0 Å². The smallest absolute Gasteiger partial charge is 0.213 e. The number of aromatic nitrogens is 11. The van der Waals surface area contributed by atoms with Gasteiger partial charge in [0.05, 0.1) is 68.9 Å². The predicted molar refractivity (Wildman–Crippen MR) is 610 cm³/mol. The van der Waals surface area contributed by atoms with Crippen LogP contribution in [0.15, 0.2) is 340 Å². The molecule has 22 rings (SSSR count). The number of para-hydroxylation sites is 6. The summed E-state index contributed by atoms with van der Waals surface area (Å²) in [6.07, 6.45) is 15.1. The van der Waals surface area contributed by atoms with E-state index in [1.165, 1.54) is 146 Å². The molecule has 0 unspecified atom stereocenters. The number of carbonyl (C=O) groups excluding carboxylic acids is 2. The van der Waals surface area contributed by atoms with E-state index < -0.39 is 0 Å². The van der Waals surface area contributed by atoms with Crippen molar-refractivity contribution in [2.45, 2.75) is 169 Å². The van der Waals surface area contributed by atoms with E-state index in [1.807, 2.05) is 166 Å². The minimum atomic E-state index is 0.149. The van der Waals surface area contributed by atoms with Crippen molar-refractivity contribution in [2.24, 2.45) is 0 Å². The Bertz CT molecular complexity index is 8140. The number of pyridine rings is 11. The number of ether oxygens (including phenoxy) is 2. The summed E-state index contributed by atoms with van der Waals surface area (Å²) < 4.78 is 10.2. The highest BCUT2D eigenvalue weighted by atomic mass is 35.5. The van der Waals surface area contributed by atoms with E-state index in [-0.39, 0.29) is 5.78 Å². The molecule has 0 bridgehead atoms. The lowest BCUT2D eigenvalue weighted by atomic mass is 10.0. The Hall–Kier alpha value is -15.9. The van der Waals surface area contributed by atoms with Crippen LogP contribution in [-0.4, -0.2) is 81.1 Å². The summed E-state index contributed by atoms with van der Waals surface area (Å²) in [5.41, 5.74) is 37.6. The van der Waals surface area contributed by atoms with Crippen LogP contribution in [0.4, 0.5) is 0 Å². The summed E-state index contributed by atoms with van der Waals surface area (Å²) in [4.78, 5) is 70.6. The molecule has 736 valence electrons. The second-order valence-electron chi connectivity index (χ2n) is 37.0. The number of rotatable bonds is 14. The second kappa shape index (κ2) is 52.9. The van der Waals surface area contributed by atoms with Crippen molar-refractivity contribution in [1.29, 1.82) is 0 Å². The molecule has 0 N–H and O–H groups in total. The normalized spacial score (nSPS) is 10.6. The number of unbranched alkanes of at least 4 members (excludes halogenated alkanes) is 2. The molecule has 0 fully saturated rings. The molecule has 0 spiro atoms. The van der Waals surface area contributed by atoms with Crippen molar-refractivity contribution in [3.05, 3.63) is 474 Å². The van der Waals surface area contributed by atoms with E-state index in [4.69, 9.17) is 36.0 Å². The number of Topliss-reactive ketones (excluding diaryl/α,β-unsaturated/α-hetero) is 1. The molecule has 22 aromatic rings. The third-order valence-electron chi connectivity index (χ3n) is 25.8. The molecule has 0 atom stereocenters. The fraction of sp³-hybridized carbons (Fsp3) is 0.208. The van der Waals surface area contributed by atoms with E-state index in [9.17, 15) is 9.59 Å². The van der Waals surface area contributed by atoms with Gasteiger partial charge in [-0.1, -0.05) is 262 Å². The molecule has 0 radical (unpaired) electrons. The zero-order chi connectivity index (χ0) is 104. The summed E-state index contributed by atoms with van der Waals surface area (Å²) >= 11 is 5.88. The number of nitrogens with zero attached hydrogens (tertiary/aromatic N) is 11. The lowest BCUT2D eigenvalue weighted by Crippen LogP contribution is -1.99. The van der Waals surface area contributed by atoms with Gasteiger partial charge >= 0.3 is 0 Å². The van der Waals surface area contributed by atoms with Gasteiger partial charge in [-0.3, -0.25) is 49.5 Å². The van der Waals surface area contributed by atoms with Crippen molar-refractivity contribution in [3.8, 4) is 5.88 Å². The van der Waals surface area contributed by atoms with Gasteiger partial charge in [0.25, 0.3) is 0 Å². The van der Waals surface area contributed by atoms with E-state index >= 15 is 0 Å². The summed E-state index contributed by atoms with van der Waals surface area (Å²) in [7, 11) is 3.34. The van der Waals surface area contributed by atoms with Gasteiger partial charge in [0.1, 0.15) is 16.6 Å². The van der Waals surface area contributed by atoms with Crippen LogP contribution in [0.2, 0.25) is 5.15 Å². The number of methoxy groups -OCH3 is 2. The number of aryl methyl sites for hydroxylation is 16. The fourth-order valence-corrected chi connectivity index (χ4v) is 17.5. The molecule has 0 aliphatic rings. The van der Waals surface area contributed by atoms with E-state index in [2.05, 4.69) is 319 Å². The van der Waals surface area contributed by atoms with E-state index in [0.717, 1.165) is 131 Å². The number of fused-ring (bicyclic) bond motifs is 10. The molecule has 0 saturated carbocycles. The number of ketones is 1. The number of aldehydes is 1. The maximum atomic E-state index is 11.0. The van der Waals surface area contributed by atoms with Crippen molar-refractivity contribution >= 4 is 133 Å². The Morgan fingerprint density at radius 2 is 0.712 bits per heavy atom. The van der Waals surface area contributed by atoms with Gasteiger partial charge in [0.15, 0.2) is 6.29 Å². The number of halogens is 1. The minimum absolute atomic E-state index is 0.149. The SMILES string of the molecule is CC(=O)Cc1ccc2cccc(C)c2n1.CCCCCc1ccc2cccc(C)c2n1.COCc1ccc(C)c2ncccc12.COc1ccc2cccc(C)c2n1.Cc1cc(C)c2ccc(Cl)nc2c1C.Cc1cc(C)c2cccnc2c1C.Cc1ccc2cccnc2c1C.Cc1cccc2ccc(C=O)nc12.Cc1cccc2ccc(Cc3ccccc3)nc12.Cc1cccc2ccc(Cc3ccccn3)nc12. The Kier molecular flexibility index (Phi) is 38.9. The molecule has 0 saturated heterocycles. The maximum absolute atomic E-state index is 11.0. The van der Waals surface area contributed by atoms with Crippen LogP contribution in [0.3, 0.4) is 0 Å². The van der Waals surface area contributed by atoms with Crippen LogP contribution < -0.4 is 4.74 Å². The maximum Gasteiger partial charge on any atom is 0.213 e. The van der Waals surface area contributed by atoms with Gasteiger partial charge in [0.2, 0.25) is 5.88 Å². The van der Waals surface area contributed by atoms with Gasteiger partial charge in [-0.25, -0.2) is 15.0 Å². The Morgan fingerprint density at radius 3 is 1.23 bits per heavy atom. The Morgan fingerprint density at radius 1 is 0.301 bits per heavy atom. The van der Waals surface area contributed by atoms with Gasteiger partial charge in [-0.2, -0.15) is 0 Å². The first-order chi connectivity index (χ1) is 70.6. The largest absolute Gasteiger partial charge is 0.481 e. The molecule has 15 nitrogen and oxygen atoms in total. The molecule has 0 aliphatic carbocycles. The second-order valence-corrected chi connectivity index (χ2v) is 37.3. The first-order valence-corrected chi connectivity index (χ1v) is 50.1. The van der Waals surface area contributed by atoms with Gasteiger partial charge < -0.3 is 9.47 Å². The minimum Gasteiger partial charge on any atom is -0.481 e. The highest BCUT2D eigenvalue weighted by molar-refractivity contribution is 6.29. The molecule has 0 aliphatic heterocycles. The number of hydrogen-bond donors (Lipinski definition) is 0. The zero-order valence-electron chi connectivity index (χ0n) is 87.5. The highest BCUT2D eigenvalue weighted by Gasteiger charge is 2.13. The van der Waals surface area contributed by atoms with Crippen LogP contribution >= 0.6 is 11.6 Å². The number of hydrogen-bond acceptors (Lipinski definition) is 15. The van der Waals surface area contributed by atoms with Crippen LogP contribution in [0.5, 0.6) is 5.88 Å². The lowest BCUT2D eigenvalue weighted by molar-refractivity contribution is -0.116. The first-order valence-electron chi connectivity index (χ1n) is 49.7. The van der Waals surface area contributed by atoms with Crippen molar-refractivity contribution in [2.75, 3.05) is 14.2 Å².